The second-order valence-corrected chi connectivity index (χ2v) is 4.89. The van der Waals surface area contributed by atoms with Gasteiger partial charge in [0.25, 0.3) is 0 Å². The van der Waals surface area contributed by atoms with Gasteiger partial charge in [-0.05, 0) is 30.4 Å². The first-order chi connectivity index (χ1) is 8.35. The zero-order valence-corrected chi connectivity index (χ0v) is 10.2. The van der Waals surface area contributed by atoms with Gasteiger partial charge >= 0.3 is 0 Å². The third-order valence-corrected chi connectivity index (χ3v) is 3.76. The lowest BCUT2D eigenvalue weighted by Crippen LogP contribution is -2.38. The van der Waals surface area contributed by atoms with Gasteiger partial charge in [0.05, 0.1) is 13.3 Å². The van der Waals surface area contributed by atoms with E-state index in [0.717, 1.165) is 18.1 Å². The second-order valence-electron chi connectivity index (χ2n) is 4.89. The summed E-state index contributed by atoms with van der Waals surface area (Å²) in [5.41, 5.74) is 2.71. The Kier molecular flexibility index (Phi) is 2.75. The molecule has 4 heterocycles. The van der Waals surface area contributed by atoms with Crippen LogP contribution < -0.4 is 4.74 Å². The zero-order valence-electron chi connectivity index (χ0n) is 10.2. The molecule has 90 valence electrons. The van der Waals surface area contributed by atoms with Crippen molar-refractivity contribution < 1.29 is 4.74 Å². The van der Waals surface area contributed by atoms with Crippen molar-refractivity contribution >= 4 is 0 Å². The molecule has 0 amide bonds. The molecule has 0 N–H and O–H groups in total. The van der Waals surface area contributed by atoms with Crippen molar-refractivity contribution in [1.29, 1.82) is 0 Å². The Morgan fingerprint density at radius 3 is 2.82 bits per heavy atom. The second kappa shape index (κ2) is 4.40. The lowest BCUT2D eigenvalue weighted by Gasteiger charge is -2.40. The van der Waals surface area contributed by atoms with Crippen LogP contribution >= 0.6 is 0 Å². The summed E-state index contributed by atoms with van der Waals surface area (Å²) in [5, 5.41) is 0. The molecular weight excluding hydrogens is 212 g/mol. The van der Waals surface area contributed by atoms with Gasteiger partial charge < -0.3 is 9.64 Å². The summed E-state index contributed by atoms with van der Waals surface area (Å²) < 4.78 is 5.21. The summed E-state index contributed by atoms with van der Waals surface area (Å²) in [6.45, 7) is 2.46. The molecule has 0 spiro atoms. The first-order valence-electron chi connectivity index (χ1n) is 6.29. The van der Waals surface area contributed by atoms with E-state index in [1.807, 2.05) is 6.20 Å². The van der Waals surface area contributed by atoms with Crippen LogP contribution in [-0.4, -0.2) is 30.1 Å². The monoisotopic (exact) mass is 230 g/mol. The van der Waals surface area contributed by atoms with Crippen molar-refractivity contribution in [3.05, 3.63) is 35.8 Å². The molecule has 3 aliphatic heterocycles. The molecule has 1 fully saturated rings. The van der Waals surface area contributed by atoms with Gasteiger partial charge in [-0.2, -0.15) is 0 Å². The normalized spacial score (nSPS) is 19.4. The largest absolute Gasteiger partial charge is 0.495 e. The maximum absolute atomic E-state index is 5.21. The van der Waals surface area contributed by atoms with Crippen LogP contribution in [0.2, 0.25) is 0 Å². The number of pyridine rings is 1. The van der Waals surface area contributed by atoms with Crippen molar-refractivity contribution in [1.82, 2.24) is 9.88 Å². The van der Waals surface area contributed by atoms with Crippen LogP contribution in [0.25, 0.3) is 0 Å². The van der Waals surface area contributed by atoms with Crippen LogP contribution in [0.4, 0.5) is 0 Å². The summed E-state index contributed by atoms with van der Waals surface area (Å²) >= 11 is 0. The predicted octanol–water partition coefficient (Wildman–Crippen LogP) is 2.24. The van der Waals surface area contributed by atoms with Crippen molar-refractivity contribution in [2.75, 3.05) is 20.2 Å². The third-order valence-electron chi connectivity index (χ3n) is 3.76. The smallest absolute Gasteiger partial charge is 0.137 e. The van der Waals surface area contributed by atoms with Crippen LogP contribution in [0.5, 0.6) is 5.75 Å². The fourth-order valence-electron chi connectivity index (χ4n) is 2.78. The highest BCUT2D eigenvalue weighted by molar-refractivity contribution is 5.28. The maximum Gasteiger partial charge on any atom is 0.137 e. The Labute approximate surface area is 102 Å². The Hall–Kier alpha value is -1.51. The van der Waals surface area contributed by atoms with E-state index in [-0.39, 0.29) is 0 Å². The van der Waals surface area contributed by atoms with E-state index in [0.29, 0.717) is 0 Å². The first-order valence-corrected chi connectivity index (χ1v) is 6.29. The molecule has 1 aromatic heterocycles. The molecular formula is C14H18N2O. The molecule has 0 radical (unpaired) electrons. The highest BCUT2D eigenvalue weighted by atomic mass is 16.5. The van der Waals surface area contributed by atoms with E-state index in [1.54, 1.807) is 13.3 Å². The van der Waals surface area contributed by atoms with E-state index < -0.39 is 0 Å². The van der Waals surface area contributed by atoms with Gasteiger partial charge in [0, 0.05) is 31.4 Å². The number of nitrogens with zero attached hydrogens (tertiary/aromatic N) is 2. The lowest BCUT2D eigenvalue weighted by atomic mass is 9.89. The van der Waals surface area contributed by atoms with E-state index in [2.05, 4.69) is 22.0 Å². The van der Waals surface area contributed by atoms with Crippen LogP contribution in [0.15, 0.2) is 30.2 Å². The quantitative estimate of drug-likeness (QED) is 0.796. The van der Waals surface area contributed by atoms with Crippen molar-refractivity contribution in [3.63, 3.8) is 0 Å². The third kappa shape index (κ3) is 2.14. The summed E-state index contributed by atoms with van der Waals surface area (Å²) in [7, 11) is 1.69. The van der Waals surface area contributed by atoms with Gasteiger partial charge in [-0.15, -0.1) is 0 Å². The highest BCUT2D eigenvalue weighted by Crippen LogP contribution is 2.31. The lowest BCUT2D eigenvalue weighted by molar-refractivity contribution is 0.215. The van der Waals surface area contributed by atoms with Crippen molar-refractivity contribution in [3.8, 4) is 5.75 Å². The summed E-state index contributed by atoms with van der Waals surface area (Å²) in [4.78, 5) is 6.73. The molecule has 0 aromatic carbocycles. The van der Waals surface area contributed by atoms with Gasteiger partial charge in [-0.25, -0.2) is 0 Å². The Morgan fingerprint density at radius 1 is 1.35 bits per heavy atom. The molecule has 0 unspecified atom stereocenters. The minimum absolute atomic E-state index is 0.813. The van der Waals surface area contributed by atoms with Gasteiger partial charge in [-0.1, -0.05) is 6.08 Å². The van der Waals surface area contributed by atoms with Crippen molar-refractivity contribution in [2.24, 2.45) is 5.92 Å². The molecule has 2 bridgehead atoms. The number of rotatable bonds is 3. The van der Waals surface area contributed by atoms with Crippen molar-refractivity contribution in [2.45, 2.75) is 19.3 Å². The molecule has 3 aliphatic rings. The SMILES string of the molecule is COc1cncc(CC2=CC3CCN2CC3)c1. The number of allylic oxidation sites excluding steroid dienone is 2. The molecule has 4 rings (SSSR count). The molecule has 0 saturated carbocycles. The van der Waals surface area contributed by atoms with Crippen LogP contribution in [0, 0.1) is 5.92 Å². The van der Waals surface area contributed by atoms with E-state index in [4.69, 9.17) is 4.74 Å². The Balaban J connectivity index is 1.78. The summed E-state index contributed by atoms with van der Waals surface area (Å²) in [6.07, 6.45) is 9.80. The minimum Gasteiger partial charge on any atom is -0.495 e. The average molecular weight is 230 g/mol. The Bertz CT molecular complexity index is 434. The average Bonchev–Trinajstić information content (AvgIpc) is 2.40. The van der Waals surface area contributed by atoms with E-state index in [9.17, 15) is 0 Å². The van der Waals surface area contributed by atoms with Gasteiger partial charge in [0.1, 0.15) is 5.75 Å². The van der Waals surface area contributed by atoms with E-state index in [1.165, 1.54) is 37.2 Å². The molecule has 3 nitrogen and oxygen atoms in total. The minimum atomic E-state index is 0.813. The molecule has 0 atom stereocenters. The fraction of sp³-hybridized carbons (Fsp3) is 0.500. The summed E-state index contributed by atoms with van der Waals surface area (Å²) in [5.74, 6) is 1.66. The highest BCUT2D eigenvalue weighted by Gasteiger charge is 2.25. The predicted molar refractivity (Wildman–Crippen MR) is 66.9 cm³/mol. The molecule has 0 aliphatic carbocycles. The molecule has 1 saturated heterocycles. The number of ether oxygens (including phenoxy) is 1. The standard InChI is InChI=1S/C14H18N2O/c1-17-14-8-12(9-15-10-14)7-13-6-11-2-4-16(13)5-3-11/h6,8-11H,2-5,7H2,1H3. The van der Waals surface area contributed by atoms with Gasteiger partial charge in [0.15, 0.2) is 0 Å². The topological polar surface area (TPSA) is 25.4 Å². The number of hydrogen-bond acceptors (Lipinski definition) is 3. The van der Waals surface area contributed by atoms with Crippen LogP contribution in [0.1, 0.15) is 18.4 Å². The first kappa shape index (κ1) is 10.6. The summed E-state index contributed by atoms with van der Waals surface area (Å²) in [6, 6.07) is 2.08. The Morgan fingerprint density at radius 2 is 2.18 bits per heavy atom. The van der Waals surface area contributed by atoms with Gasteiger partial charge in [-0.3, -0.25) is 4.98 Å². The number of methoxy groups -OCH3 is 1. The van der Waals surface area contributed by atoms with E-state index >= 15 is 0 Å². The fourth-order valence-corrected chi connectivity index (χ4v) is 2.78. The number of fused-ring (bicyclic) bond motifs is 2. The van der Waals surface area contributed by atoms with Gasteiger partial charge in [0.2, 0.25) is 0 Å². The number of aromatic nitrogens is 1. The molecule has 17 heavy (non-hydrogen) atoms. The van der Waals surface area contributed by atoms with Crippen LogP contribution in [0.3, 0.4) is 0 Å². The zero-order chi connectivity index (χ0) is 11.7. The number of hydrogen-bond donors (Lipinski definition) is 0. The number of piperidine rings is 1. The van der Waals surface area contributed by atoms with Crippen LogP contribution in [-0.2, 0) is 6.42 Å². The molecule has 1 aromatic rings. The maximum atomic E-state index is 5.21. The molecule has 3 heteroatoms.